The quantitative estimate of drug-likeness (QED) is 0.526. The summed E-state index contributed by atoms with van der Waals surface area (Å²) >= 11 is 0. The van der Waals surface area contributed by atoms with E-state index in [1.165, 1.54) is 16.8 Å². The molecule has 2 aromatic carbocycles. The van der Waals surface area contributed by atoms with Crippen molar-refractivity contribution in [2.75, 3.05) is 0 Å². The van der Waals surface area contributed by atoms with Crippen LogP contribution in [0.5, 0.6) is 0 Å². The predicted molar refractivity (Wildman–Crippen MR) is 104 cm³/mol. The molecule has 3 aromatic heterocycles. The number of nitrogens with one attached hydrogen (secondary N) is 1. The molecule has 5 aromatic rings. The average Bonchev–Trinajstić information content (AvgIpc) is 3.19. The molecule has 28 heavy (non-hydrogen) atoms. The summed E-state index contributed by atoms with van der Waals surface area (Å²) in [6, 6.07) is 14.3. The van der Waals surface area contributed by atoms with Gasteiger partial charge in [-0.2, -0.15) is 5.10 Å². The second kappa shape index (κ2) is 6.38. The summed E-state index contributed by atoms with van der Waals surface area (Å²) in [5.41, 5.74) is 3.68. The van der Waals surface area contributed by atoms with Crippen molar-refractivity contribution < 1.29 is 4.39 Å². The van der Waals surface area contributed by atoms with Crippen molar-refractivity contribution >= 4 is 22.1 Å². The third-order valence-electron chi connectivity index (χ3n) is 4.78. The number of hydrogen-bond donors (Lipinski definition) is 1. The van der Waals surface area contributed by atoms with Crippen LogP contribution in [-0.4, -0.2) is 24.7 Å². The minimum absolute atomic E-state index is 0.106. The van der Waals surface area contributed by atoms with Gasteiger partial charge in [-0.3, -0.25) is 14.5 Å². The maximum Gasteiger partial charge on any atom is 0.269 e. The topological polar surface area (TPSA) is 76.5 Å². The number of benzene rings is 2. The predicted octanol–water partition coefficient (Wildman–Crippen LogP) is 3.52. The van der Waals surface area contributed by atoms with Gasteiger partial charge in [0.1, 0.15) is 5.82 Å². The zero-order valence-corrected chi connectivity index (χ0v) is 14.6. The third kappa shape index (κ3) is 2.73. The first-order valence-electron chi connectivity index (χ1n) is 8.71. The lowest BCUT2D eigenvalue weighted by molar-refractivity contribution is 0.599. The van der Waals surface area contributed by atoms with Crippen LogP contribution in [-0.2, 0) is 6.54 Å². The molecule has 3 heterocycles. The summed E-state index contributed by atoms with van der Waals surface area (Å²) in [6.07, 6.45) is 4.56. The molecule has 0 unspecified atom stereocenters. The number of halogens is 1. The zero-order chi connectivity index (χ0) is 19.1. The van der Waals surface area contributed by atoms with E-state index >= 15 is 0 Å². The van der Waals surface area contributed by atoms with Crippen molar-refractivity contribution in [3.05, 3.63) is 88.9 Å². The summed E-state index contributed by atoms with van der Waals surface area (Å²) in [5.74, 6) is -0.372. The van der Waals surface area contributed by atoms with Crippen LogP contribution in [0.2, 0.25) is 0 Å². The Morgan fingerprint density at radius 3 is 2.75 bits per heavy atom. The summed E-state index contributed by atoms with van der Waals surface area (Å²) in [7, 11) is 0. The van der Waals surface area contributed by atoms with Crippen LogP contribution >= 0.6 is 0 Å². The van der Waals surface area contributed by atoms with Crippen molar-refractivity contribution in [2.45, 2.75) is 6.54 Å². The molecule has 0 amide bonds. The Balaban J connectivity index is 1.54. The normalized spacial score (nSPS) is 11.3. The largest absolute Gasteiger partial charge is 0.299 e. The maximum absolute atomic E-state index is 14.8. The highest BCUT2D eigenvalue weighted by Crippen LogP contribution is 2.25. The Kier molecular flexibility index (Phi) is 3.72. The summed E-state index contributed by atoms with van der Waals surface area (Å²) in [5, 5.41) is 7.92. The molecule has 0 atom stereocenters. The molecule has 0 aliphatic rings. The first kappa shape index (κ1) is 16.3. The monoisotopic (exact) mass is 371 g/mol. The van der Waals surface area contributed by atoms with E-state index in [-0.39, 0.29) is 17.9 Å². The summed E-state index contributed by atoms with van der Waals surface area (Å²) < 4.78 is 16.3. The van der Waals surface area contributed by atoms with Gasteiger partial charge in [0.15, 0.2) is 5.65 Å². The molecule has 0 aliphatic heterocycles. The molecule has 5 rings (SSSR count). The molecule has 0 saturated carbocycles. The van der Waals surface area contributed by atoms with Crippen molar-refractivity contribution in [2.24, 2.45) is 0 Å². The van der Waals surface area contributed by atoms with E-state index in [0.717, 1.165) is 22.0 Å². The number of aromatic nitrogens is 5. The second-order valence-corrected chi connectivity index (χ2v) is 6.51. The fourth-order valence-electron chi connectivity index (χ4n) is 3.31. The smallest absolute Gasteiger partial charge is 0.269 e. The van der Waals surface area contributed by atoms with Crippen molar-refractivity contribution in [1.82, 2.24) is 24.7 Å². The van der Waals surface area contributed by atoms with Crippen molar-refractivity contribution in [3.8, 4) is 11.1 Å². The summed E-state index contributed by atoms with van der Waals surface area (Å²) in [4.78, 5) is 20.5. The van der Waals surface area contributed by atoms with Gasteiger partial charge < -0.3 is 0 Å². The molecule has 0 radical (unpaired) electrons. The van der Waals surface area contributed by atoms with Gasteiger partial charge in [0.25, 0.3) is 5.56 Å². The molecular formula is C21H14FN5O. The number of nitrogens with zero attached hydrogens (tertiary/aromatic N) is 4. The number of aromatic amines is 1. The van der Waals surface area contributed by atoms with Crippen LogP contribution in [0.3, 0.4) is 0 Å². The standard InChI is InChI=1S/C21H14FN5O/c22-17-8-13(14-3-5-15-10-25-26-18(15)9-14)4-6-16(17)12-27-19-2-1-7-23-21(19)24-11-20(27)28/h1-11H,12H2,(H,25,26). The number of H-pyrrole nitrogens is 1. The highest BCUT2D eigenvalue weighted by Gasteiger charge is 2.10. The number of hydrogen-bond acceptors (Lipinski definition) is 4. The third-order valence-corrected chi connectivity index (χ3v) is 4.78. The lowest BCUT2D eigenvalue weighted by Crippen LogP contribution is -2.21. The van der Waals surface area contributed by atoms with E-state index in [1.54, 1.807) is 30.6 Å². The van der Waals surface area contributed by atoms with Crippen molar-refractivity contribution in [1.29, 1.82) is 0 Å². The first-order valence-corrected chi connectivity index (χ1v) is 8.71. The van der Waals surface area contributed by atoms with Gasteiger partial charge in [-0.05, 0) is 35.4 Å². The molecule has 6 nitrogen and oxygen atoms in total. The molecule has 7 heteroatoms. The molecule has 0 saturated heterocycles. The zero-order valence-electron chi connectivity index (χ0n) is 14.6. The molecule has 136 valence electrons. The Bertz CT molecular complexity index is 1390. The maximum atomic E-state index is 14.8. The fraction of sp³-hybridized carbons (Fsp3) is 0.0476. The molecule has 1 N–H and O–H groups in total. The molecule has 0 bridgehead atoms. The average molecular weight is 371 g/mol. The lowest BCUT2D eigenvalue weighted by Gasteiger charge is -2.11. The van der Waals surface area contributed by atoms with Gasteiger partial charge in [-0.25, -0.2) is 14.4 Å². The minimum Gasteiger partial charge on any atom is -0.299 e. The Hall–Kier alpha value is -3.87. The summed E-state index contributed by atoms with van der Waals surface area (Å²) in [6.45, 7) is 0.106. The van der Waals surface area contributed by atoms with Crippen LogP contribution in [0.1, 0.15) is 5.56 Å². The first-order chi connectivity index (χ1) is 13.7. The number of fused-ring (bicyclic) bond motifs is 2. The second-order valence-electron chi connectivity index (χ2n) is 6.51. The molecule has 0 fully saturated rings. The van der Waals surface area contributed by atoms with Crippen molar-refractivity contribution in [3.63, 3.8) is 0 Å². The Morgan fingerprint density at radius 2 is 1.86 bits per heavy atom. The number of pyridine rings is 1. The number of rotatable bonds is 3. The van der Waals surface area contributed by atoms with E-state index in [9.17, 15) is 9.18 Å². The molecular weight excluding hydrogens is 357 g/mol. The highest BCUT2D eigenvalue weighted by atomic mass is 19.1. The van der Waals surface area contributed by atoms with E-state index in [2.05, 4.69) is 20.2 Å². The van der Waals surface area contributed by atoms with Gasteiger partial charge in [0, 0.05) is 17.1 Å². The van der Waals surface area contributed by atoms with Gasteiger partial charge in [-0.1, -0.05) is 24.3 Å². The Morgan fingerprint density at radius 1 is 1.00 bits per heavy atom. The van der Waals surface area contributed by atoms with Crippen LogP contribution < -0.4 is 5.56 Å². The fourth-order valence-corrected chi connectivity index (χ4v) is 3.31. The SMILES string of the molecule is O=c1cnc2ncccc2n1Cc1ccc(-c2ccc3cn[nH]c3c2)cc1F. The van der Waals surface area contributed by atoms with Crippen LogP contribution in [0, 0.1) is 5.82 Å². The van der Waals surface area contributed by atoms with Crippen LogP contribution in [0.25, 0.3) is 33.2 Å². The van der Waals surface area contributed by atoms with Gasteiger partial charge in [0.2, 0.25) is 0 Å². The highest BCUT2D eigenvalue weighted by molar-refractivity contribution is 5.83. The Labute approximate surface area is 158 Å². The van der Waals surface area contributed by atoms with Crippen LogP contribution in [0.15, 0.2) is 71.9 Å². The van der Waals surface area contributed by atoms with Gasteiger partial charge in [-0.15, -0.1) is 0 Å². The van der Waals surface area contributed by atoms with Gasteiger partial charge in [0.05, 0.1) is 30.0 Å². The van der Waals surface area contributed by atoms with E-state index in [4.69, 9.17) is 0 Å². The van der Waals surface area contributed by atoms with Gasteiger partial charge >= 0.3 is 0 Å². The molecule has 0 spiro atoms. The van der Waals surface area contributed by atoms with E-state index < -0.39 is 0 Å². The van der Waals surface area contributed by atoms with E-state index in [1.807, 2.05) is 24.3 Å². The minimum atomic E-state index is -0.372. The molecule has 0 aliphatic carbocycles. The lowest BCUT2D eigenvalue weighted by atomic mass is 10.0. The van der Waals surface area contributed by atoms with Crippen LogP contribution in [0.4, 0.5) is 4.39 Å². The van der Waals surface area contributed by atoms with E-state index in [0.29, 0.717) is 16.7 Å².